The van der Waals surface area contributed by atoms with Crippen LogP contribution in [-0.4, -0.2) is 30.9 Å². The largest absolute Gasteiger partial charge is 0.451 e. The fourth-order valence-electron chi connectivity index (χ4n) is 2.00. The molecule has 0 spiro atoms. The normalized spacial score (nSPS) is 14.0. The maximum atomic E-state index is 12.1. The van der Waals surface area contributed by atoms with Crippen LogP contribution in [0.25, 0.3) is 0 Å². The Kier molecular flexibility index (Phi) is 5.95. The summed E-state index contributed by atoms with van der Waals surface area (Å²) in [5.41, 5.74) is 3.49. The molecule has 0 unspecified atom stereocenters. The first-order chi connectivity index (χ1) is 11.5. The number of hydrogen-bond donors (Lipinski definition) is 2. The van der Waals surface area contributed by atoms with Crippen LogP contribution in [0, 0.1) is 5.92 Å². The number of amides is 2. The highest BCUT2D eigenvalue weighted by Gasteiger charge is 2.25. The summed E-state index contributed by atoms with van der Waals surface area (Å²) in [6.45, 7) is 4.11. The second-order valence-corrected chi connectivity index (χ2v) is 5.77. The third kappa shape index (κ3) is 4.84. The molecule has 0 fully saturated rings. The molecule has 2 rings (SSSR count). The van der Waals surface area contributed by atoms with Gasteiger partial charge in [0, 0.05) is 13.0 Å². The van der Waals surface area contributed by atoms with Gasteiger partial charge in [-0.3, -0.25) is 15.0 Å². The number of para-hydroxylation sites is 1. The molecule has 0 aromatic heterocycles. The number of anilines is 1. The number of carbonyl (C=O) groups excluding carboxylic acids is 3. The summed E-state index contributed by atoms with van der Waals surface area (Å²) in [6, 6.07) is 8.91. The smallest absolute Gasteiger partial charge is 0.356 e. The highest BCUT2D eigenvalue weighted by molar-refractivity contribution is 5.99. The first kappa shape index (κ1) is 17.5. The maximum Gasteiger partial charge on any atom is 0.356 e. The van der Waals surface area contributed by atoms with E-state index in [2.05, 4.69) is 10.7 Å². The third-order valence-electron chi connectivity index (χ3n) is 3.24. The van der Waals surface area contributed by atoms with Crippen molar-refractivity contribution in [2.45, 2.75) is 20.3 Å². The first-order valence-corrected chi connectivity index (χ1v) is 7.76. The second-order valence-electron chi connectivity index (χ2n) is 5.77. The van der Waals surface area contributed by atoms with Crippen molar-refractivity contribution >= 4 is 23.5 Å². The summed E-state index contributed by atoms with van der Waals surface area (Å²) < 4.78 is 4.98. The lowest BCUT2D eigenvalue weighted by atomic mass is 10.2. The van der Waals surface area contributed by atoms with Gasteiger partial charge < -0.3 is 10.1 Å². The van der Waals surface area contributed by atoms with Crippen molar-refractivity contribution in [1.82, 2.24) is 10.7 Å². The van der Waals surface area contributed by atoms with Crippen molar-refractivity contribution < 1.29 is 19.1 Å². The Bertz CT molecular complexity index is 640. The topological polar surface area (TPSA) is 87.7 Å². The van der Waals surface area contributed by atoms with Crippen molar-refractivity contribution in [3.05, 3.63) is 42.1 Å². The number of benzene rings is 1. The molecule has 0 saturated carbocycles. The summed E-state index contributed by atoms with van der Waals surface area (Å²) in [4.78, 5) is 35.6. The minimum Gasteiger partial charge on any atom is -0.451 e. The SMILES string of the molecule is CC(C)CNC(=O)COC(=O)C1=CCC(=O)N(c2ccccc2)N1. The highest BCUT2D eigenvalue weighted by atomic mass is 16.5. The van der Waals surface area contributed by atoms with E-state index in [-0.39, 0.29) is 30.5 Å². The number of hydrazine groups is 1. The summed E-state index contributed by atoms with van der Waals surface area (Å²) in [6.07, 6.45) is 1.53. The van der Waals surface area contributed by atoms with Crippen molar-refractivity contribution in [3.8, 4) is 0 Å². The van der Waals surface area contributed by atoms with E-state index in [1.54, 1.807) is 24.3 Å². The molecular weight excluding hydrogens is 310 g/mol. The van der Waals surface area contributed by atoms with Crippen LogP contribution in [0.15, 0.2) is 42.1 Å². The fourth-order valence-corrected chi connectivity index (χ4v) is 2.00. The van der Waals surface area contributed by atoms with E-state index in [0.29, 0.717) is 18.2 Å². The van der Waals surface area contributed by atoms with Crippen LogP contribution in [-0.2, 0) is 19.1 Å². The molecule has 7 heteroatoms. The molecule has 2 amide bonds. The van der Waals surface area contributed by atoms with Crippen LogP contribution in [0.4, 0.5) is 5.69 Å². The van der Waals surface area contributed by atoms with Crippen LogP contribution < -0.4 is 15.8 Å². The predicted molar refractivity (Wildman–Crippen MR) is 88.6 cm³/mol. The Morgan fingerprint density at radius 1 is 1.29 bits per heavy atom. The van der Waals surface area contributed by atoms with Gasteiger partial charge in [-0.15, -0.1) is 0 Å². The minimum absolute atomic E-state index is 0.0753. The molecule has 2 N–H and O–H groups in total. The number of carbonyl (C=O) groups is 3. The Balaban J connectivity index is 1.91. The van der Waals surface area contributed by atoms with Crippen molar-refractivity contribution in [2.24, 2.45) is 5.92 Å². The molecule has 1 aromatic carbocycles. The number of rotatable bonds is 6. The van der Waals surface area contributed by atoms with Gasteiger partial charge in [-0.05, 0) is 24.1 Å². The van der Waals surface area contributed by atoms with Gasteiger partial charge in [0.2, 0.25) is 5.91 Å². The van der Waals surface area contributed by atoms with Crippen LogP contribution in [0.2, 0.25) is 0 Å². The van der Waals surface area contributed by atoms with Gasteiger partial charge in [0.05, 0.1) is 5.69 Å². The zero-order valence-corrected chi connectivity index (χ0v) is 13.7. The highest BCUT2D eigenvalue weighted by Crippen LogP contribution is 2.17. The number of ether oxygens (including phenoxy) is 1. The van der Waals surface area contributed by atoms with Crippen molar-refractivity contribution in [1.29, 1.82) is 0 Å². The number of hydrogen-bond acceptors (Lipinski definition) is 5. The monoisotopic (exact) mass is 331 g/mol. The molecule has 0 radical (unpaired) electrons. The van der Waals surface area contributed by atoms with Crippen LogP contribution in [0.1, 0.15) is 20.3 Å². The Morgan fingerprint density at radius 2 is 2.00 bits per heavy atom. The zero-order chi connectivity index (χ0) is 17.5. The van der Waals surface area contributed by atoms with Crippen LogP contribution >= 0.6 is 0 Å². The number of nitrogens with one attached hydrogen (secondary N) is 2. The molecule has 128 valence electrons. The maximum absolute atomic E-state index is 12.1. The lowest BCUT2D eigenvalue weighted by Gasteiger charge is -2.28. The molecule has 24 heavy (non-hydrogen) atoms. The molecule has 1 aromatic rings. The molecule has 7 nitrogen and oxygen atoms in total. The average molecular weight is 331 g/mol. The quantitative estimate of drug-likeness (QED) is 0.763. The van der Waals surface area contributed by atoms with Gasteiger partial charge in [0.1, 0.15) is 5.70 Å². The molecule has 0 aliphatic carbocycles. The Labute approximate surface area is 140 Å². The molecular formula is C17H21N3O4. The van der Waals surface area contributed by atoms with E-state index in [1.165, 1.54) is 11.1 Å². The van der Waals surface area contributed by atoms with Crippen LogP contribution in [0.3, 0.4) is 0 Å². The summed E-state index contributed by atoms with van der Waals surface area (Å²) in [5.74, 6) is -0.905. The van der Waals surface area contributed by atoms with Crippen molar-refractivity contribution in [2.75, 3.05) is 18.2 Å². The van der Waals surface area contributed by atoms with Crippen LogP contribution in [0.5, 0.6) is 0 Å². The lowest BCUT2D eigenvalue weighted by Crippen LogP contribution is -2.47. The van der Waals surface area contributed by atoms with E-state index in [9.17, 15) is 14.4 Å². The Morgan fingerprint density at radius 3 is 2.67 bits per heavy atom. The molecule has 1 aliphatic rings. The lowest BCUT2D eigenvalue weighted by molar-refractivity contribution is -0.145. The predicted octanol–water partition coefficient (Wildman–Crippen LogP) is 1.13. The minimum atomic E-state index is -0.678. The van der Waals surface area contributed by atoms with Gasteiger partial charge >= 0.3 is 5.97 Å². The second kappa shape index (κ2) is 8.14. The molecule has 1 aliphatic heterocycles. The average Bonchev–Trinajstić information content (AvgIpc) is 2.59. The van der Waals surface area contributed by atoms with E-state index in [1.807, 2.05) is 19.9 Å². The summed E-state index contributed by atoms with van der Waals surface area (Å²) >= 11 is 0. The Hall–Kier alpha value is -2.83. The van der Waals surface area contributed by atoms with Gasteiger partial charge in [0.15, 0.2) is 6.61 Å². The van der Waals surface area contributed by atoms with E-state index in [0.717, 1.165) is 0 Å². The van der Waals surface area contributed by atoms with E-state index >= 15 is 0 Å². The standard InChI is InChI=1S/C17H21N3O4/c1-12(2)10-18-15(21)11-24-17(23)14-8-9-16(22)20(19-14)13-6-4-3-5-7-13/h3-8,12,19H,9-11H2,1-2H3,(H,18,21). The summed E-state index contributed by atoms with van der Waals surface area (Å²) in [5, 5.41) is 3.95. The number of esters is 1. The molecule has 0 bridgehead atoms. The van der Waals surface area contributed by atoms with Gasteiger partial charge in [-0.2, -0.15) is 0 Å². The summed E-state index contributed by atoms with van der Waals surface area (Å²) in [7, 11) is 0. The first-order valence-electron chi connectivity index (χ1n) is 7.76. The zero-order valence-electron chi connectivity index (χ0n) is 13.7. The molecule has 0 atom stereocenters. The van der Waals surface area contributed by atoms with Gasteiger partial charge in [-0.1, -0.05) is 32.0 Å². The van der Waals surface area contributed by atoms with Gasteiger partial charge in [-0.25, -0.2) is 9.80 Å². The molecule has 0 saturated heterocycles. The third-order valence-corrected chi connectivity index (χ3v) is 3.24. The van der Waals surface area contributed by atoms with Crippen molar-refractivity contribution in [3.63, 3.8) is 0 Å². The van der Waals surface area contributed by atoms with Gasteiger partial charge in [0.25, 0.3) is 5.91 Å². The van der Waals surface area contributed by atoms with E-state index in [4.69, 9.17) is 4.74 Å². The fraction of sp³-hybridized carbons (Fsp3) is 0.353. The van der Waals surface area contributed by atoms with E-state index < -0.39 is 5.97 Å². The molecule has 1 heterocycles. The number of nitrogens with zero attached hydrogens (tertiary/aromatic N) is 1.